The molecule has 1 aromatic heterocycles. The van der Waals surface area contributed by atoms with E-state index in [1.807, 2.05) is 0 Å². The SMILES string of the molecule is Nc1ccc(C(=O)Nc2ccc(F)nc2)cc1Cl. The molecule has 0 saturated heterocycles. The van der Waals surface area contributed by atoms with Gasteiger partial charge < -0.3 is 11.1 Å². The van der Waals surface area contributed by atoms with Crippen molar-refractivity contribution in [1.82, 2.24) is 4.98 Å². The molecule has 1 aromatic carbocycles. The van der Waals surface area contributed by atoms with E-state index in [0.717, 1.165) is 6.07 Å². The van der Waals surface area contributed by atoms with Crippen molar-refractivity contribution in [3.63, 3.8) is 0 Å². The summed E-state index contributed by atoms with van der Waals surface area (Å²) in [6.07, 6.45) is 1.23. The zero-order valence-corrected chi connectivity index (χ0v) is 9.91. The number of aromatic nitrogens is 1. The summed E-state index contributed by atoms with van der Waals surface area (Å²) in [5, 5.41) is 2.87. The van der Waals surface area contributed by atoms with Gasteiger partial charge in [-0.1, -0.05) is 11.6 Å². The number of anilines is 2. The molecule has 0 radical (unpaired) electrons. The molecule has 2 aromatic rings. The van der Waals surface area contributed by atoms with E-state index < -0.39 is 5.95 Å². The number of nitrogen functional groups attached to an aromatic ring is 1. The Bertz CT molecular complexity index is 586. The van der Waals surface area contributed by atoms with E-state index in [4.69, 9.17) is 17.3 Å². The first-order valence-electron chi connectivity index (χ1n) is 5.04. The maximum atomic E-state index is 12.6. The quantitative estimate of drug-likeness (QED) is 0.648. The van der Waals surface area contributed by atoms with E-state index in [1.165, 1.54) is 18.3 Å². The van der Waals surface area contributed by atoms with Gasteiger partial charge in [-0.15, -0.1) is 0 Å². The topological polar surface area (TPSA) is 68.0 Å². The molecule has 0 saturated carbocycles. The Labute approximate surface area is 108 Å². The van der Waals surface area contributed by atoms with Gasteiger partial charge in [-0.2, -0.15) is 4.39 Å². The van der Waals surface area contributed by atoms with E-state index in [9.17, 15) is 9.18 Å². The predicted octanol–water partition coefficient (Wildman–Crippen LogP) is 2.71. The number of benzene rings is 1. The minimum Gasteiger partial charge on any atom is -0.398 e. The van der Waals surface area contributed by atoms with Crippen LogP contribution in [0.15, 0.2) is 36.5 Å². The Morgan fingerprint density at radius 1 is 1.33 bits per heavy atom. The van der Waals surface area contributed by atoms with Crippen molar-refractivity contribution in [2.24, 2.45) is 0 Å². The molecule has 18 heavy (non-hydrogen) atoms. The van der Waals surface area contributed by atoms with Crippen molar-refractivity contribution in [2.45, 2.75) is 0 Å². The summed E-state index contributed by atoms with van der Waals surface area (Å²) < 4.78 is 12.6. The first-order chi connectivity index (χ1) is 8.56. The first-order valence-corrected chi connectivity index (χ1v) is 5.42. The van der Waals surface area contributed by atoms with E-state index in [-0.39, 0.29) is 5.91 Å². The fraction of sp³-hybridized carbons (Fsp3) is 0. The zero-order chi connectivity index (χ0) is 13.1. The third-order valence-corrected chi connectivity index (χ3v) is 2.58. The number of rotatable bonds is 2. The largest absolute Gasteiger partial charge is 0.398 e. The van der Waals surface area contributed by atoms with Gasteiger partial charge in [0.1, 0.15) is 0 Å². The molecule has 0 aliphatic carbocycles. The molecule has 0 spiro atoms. The zero-order valence-electron chi connectivity index (χ0n) is 9.15. The van der Waals surface area contributed by atoms with E-state index in [0.29, 0.717) is 22.0 Å². The van der Waals surface area contributed by atoms with Gasteiger partial charge in [0.2, 0.25) is 5.95 Å². The smallest absolute Gasteiger partial charge is 0.255 e. The summed E-state index contributed by atoms with van der Waals surface area (Å²) in [6.45, 7) is 0. The van der Waals surface area contributed by atoms with Crippen LogP contribution in [0.25, 0.3) is 0 Å². The Hall–Kier alpha value is -2.14. The van der Waals surface area contributed by atoms with Crippen LogP contribution in [0.5, 0.6) is 0 Å². The number of nitrogens with two attached hydrogens (primary N) is 1. The highest BCUT2D eigenvalue weighted by Crippen LogP contribution is 2.20. The average Bonchev–Trinajstić information content (AvgIpc) is 2.35. The fourth-order valence-electron chi connectivity index (χ4n) is 1.32. The fourth-order valence-corrected chi connectivity index (χ4v) is 1.50. The molecule has 0 unspecified atom stereocenters. The van der Waals surface area contributed by atoms with Crippen LogP contribution in [-0.4, -0.2) is 10.9 Å². The number of nitrogens with zero attached hydrogens (tertiary/aromatic N) is 1. The predicted molar refractivity (Wildman–Crippen MR) is 68.0 cm³/mol. The van der Waals surface area contributed by atoms with Crippen molar-refractivity contribution in [3.05, 3.63) is 53.1 Å². The van der Waals surface area contributed by atoms with E-state index in [1.54, 1.807) is 12.1 Å². The van der Waals surface area contributed by atoms with Crippen molar-refractivity contribution in [3.8, 4) is 0 Å². The van der Waals surface area contributed by atoms with Gasteiger partial charge in [-0.25, -0.2) is 4.98 Å². The molecule has 0 aliphatic heterocycles. The normalized spacial score (nSPS) is 10.1. The Morgan fingerprint density at radius 3 is 2.72 bits per heavy atom. The lowest BCUT2D eigenvalue weighted by Crippen LogP contribution is -2.12. The lowest BCUT2D eigenvalue weighted by atomic mass is 10.2. The molecule has 1 amide bonds. The highest BCUT2D eigenvalue weighted by Gasteiger charge is 2.08. The number of pyridine rings is 1. The maximum Gasteiger partial charge on any atom is 0.255 e. The molecular formula is C12H9ClFN3O. The number of carbonyl (C=O) groups is 1. The molecule has 1 heterocycles. The molecule has 4 nitrogen and oxygen atoms in total. The van der Waals surface area contributed by atoms with Gasteiger partial charge in [0.15, 0.2) is 0 Å². The summed E-state index contributed by atoms with van der Waals surface area (Å²) in [7, 11) is 0. The minimum absolute atomic E-state index is 0.305. The van der Waals surface area contributed by atoms with E-state index in [2.05, 4.69) is 10.3 Å². The summed E-state index contributed by atoms with van der Waals surface area (Å²) in [4.78, 5) is 15.3. The van der Waals surface area contributed by atoms with Crippen LogP contribution in [0.3, 0.4) is 0 Å². The second kappa shape index (κ2) is 5.01. The van der Waals surface area contributed by atoms with Gasteiger partial charge in [0.25, 0.3) is 5.91 Å². The molecule has 0 fully saturated rings. The van der Waals surface area contributed by atoms with Gasteiger partial charge in [0, 0.05) is 5.56 Å². The number of amides is 1. The molecule has 0 aliphatic rings. The molecule has 92 valence electrons. The van der Waals surface area contributed by atoms with Gasteiger partial charge in [0.05, 0.1) is 22.6 Å². The van der Waals surface area contributed by atoms with Crippen LogP contribution in [0.4, 0.5) is 15.8 Å². The summed E-state index contributed by atoms with van der Waals surface area (Å²) in [6, 6.07) is 7.13. The highest BCUT2D eigenvalue weighted by molar-refractivity contribution is 6.33. The standard InChI is InChI=1S/C12H9ClFN3O/c13-9-5-7(1-3-10(9)15)12(18)17-8-2-4-11(14)16-6-8/h1-6H,15H2,(H,17,18). The number of nitrogens with one attached hydrogen (secondary N) is 1. The summed E-state index contributed by atoms with van der Waals surface area (Å²) in [5.41, 5.74) is 6.70. The van der Waals surface area contributed by atoms with Crippen LogP contribution >= 0.6 is 11.6 Å². The Kier molecular flexibility index (Phi) is 3.43. The molecule has 0 atom stereocenters. The second-order valence-electron chi connectivity index (χ2n) is 3.56. The van der Waals surface area contributed by atoms with Crippen molar-refractivity contribution < 1.29 is 9.18 Å². The number of hydrogen-bond acceptors (Lipinski definition) is 3. The molecule has 6 heteroatoms. The average molecular weight is 266 g/mol. The molecule has 0 bridgehead atoms. The first kappa shape index (κ1) is 12.3. The lowest BCUT2D eigenvalue weighted by Gasteiger charge is -2.06. The summed E-state index contributed by atoms with van der Waals surface area (Å²) >= 11 is 5.81. The Balaban J connectivity index is 2.16. The van der Waals surface area contributed by atoms with Crippen molar-refractivity contribution >= 4 is 28.9 Å². The molecular weight excluding hydrogens is 257 g/mol. The third-order valence-electron chi connectivity index (χ3n) is 2.25. The van der Waals surface area contributed by atoms with Crippen LogP contribution in [0, 0.1) is 5.95 Å². The summed E-state index contributed by atoms with van der Waals surface area (Å²) in [5.74, 6) is -0.978. The lowest BCUT2D eigenvalue weighted by molar-refractivity contribution is 0.102. The van der Waals surface area contributed by atoms with Crippen LogP contribution < -0.4 is 11.1 Å². The molecule has 3 N–H and O–H groups in total. The van der Waals surface area contributed by atoms with Gasteiger partial charge in [-0.05, 0) is 30.3 Å². The second-order valence-corrected chi connectivity index (χ2v) is 3.97. The van der Waals surface area contributed by atoms with Crippen LogP contribution in [0.2, 0.25) is 5.02 Å². The number of carbonyl (C=O) groups excluding carboxylic acids is 1. The molecule has 2 rings (SSSR count). The van der Waals surface area contributed by atoms with Gasteiger partial charge in [-0.3, -0.25) is 4.79 Å². The Morgan fingerprint density at radius 2 is 2.11 bits per heavy atom. The van der Waals surface area contributed by atoms with Crippen LogP contribution in [0.1, 0.15) is 10.4 Å². The maximum absolute atomic E-state index is 12.6. The van der Waals surface area contributed by atoms with Crippen molar-refractivity contribution in [1.29, 1.82) is 0 Å². The highest BCUT2D eigenvalue weighted by atomic mass is 35.5. The monoisotopic (exact) mass is 265 g/mol. The minimum atomic E-state index is -0.608. The number of hydrogen-bond donors (Lipinski definition) is 2. The third kappa shape index (κ3) is 2.75. The van der Waals surface area contributed by atoms with Crippen molar-refractivity contribution in [2.75, 3.05) is 11.1 Å². The van der Waals surface area contributed by atoms with Crippen LogP contribution in [-0.2, 0) is 0 Å². The van der Waals surface area contributed by atoms with Gasteiger partial charge >= 0.3 is 0 Å². The number of halogens is 2. The van der Waals surface area contributed by atoms with E-state index >= 15 is 0 Å².